The highest BCUT2D eigenvalue weighted by Gasteiger charge is 2.18. The minimum absolute atomic E-state index is 0.805. The van der Waals surface area contributed by atoms with E-state index in [-0.39, 0.29) is 0 Å². The van der Waals surface area contributed by atoms with Crippen molar-refractivity contribution in [2.45, 2.75) is 40.5 Å². The van der Waals surface area contributed by atoms with Gasteiger partial charge in [-0.1, -0.05) is 6.92 Å². The molecule has 1 aliphatic rings. The molecule has 2 heterocycles. The zero-order valence-electron chi connectivity index (χ0n) is 16.5. The molecule has 1 N–H and O–H groups in total. The molecule has 0 unspecified atom stereocenters. The fraction of sp³-hybridized carbons (Fsp3) is 0.524. The Bertz CT molecular complexity index is 718. The summed E-state index contributed by atoms with van der Waals surface area (Å²) in [7, 11) is 0. The predicted octanol–water partition coefficient (Wildman–Crippen LogP) is 4.61. The Kier molecular flexibility index (Phi) is 5.96. The van der Waals surface area contributed by atoms with E-state index in [9.17, 15) is 0 Å². The lowest BCUT2D eigenvalue weighted by molar-refractivity contribution is 0.434. The van der Waals surface area contributed by atoms with Crippen molar-refractivity contribution in [3.8, 4) is 0 Å². The first-order chi connectivity index (χ1) is 12.6. The van der Waals surface area contributed by atoms with Gasteiger partial charge >= 0.3 is 0 Å². The van der Waals surface area contributed by atoms with Gasteiger partial charge in [-0.05, 0) is 69.4 Å². The van der Waals surface area contributed by atoms with Crippen LogP contribution < -0.4 is 15.1 Å². The number of piperidine rings is 1. The van der Waals surface area contributed by atoms with Crippen molar-refractivity contribution < 1.29 is 0 Å². The van der Waals surface area contributed by atoms with Crippen LogP contribution in [0, 0.1) is 12.8 Å². The normalized spacial score (nSPS) is 15.2. The van der Waals surface area contributed by atoms with Crippen LogP contribution in [-0.4, -0.2) is 36.1 Å². The van der Waals surface area contributed by atoms with Crippen molar-refractivity contribution in [1.29, 1.82) is 0 Å². The van der Waals surface area contributed by atoms with Gasteiger partial charge < -0.3 is 15.1 Å². The fourth-order valence-electron chi connectivity index (χ4n) is 3.49. The quantitative estimate of drug-likeness (QED) is 0.821. The topological polar surface area (TPSA) is 44.3 Å². The Morgan fingerprint density at radius 3 is 2.54 bits per heavy atom. The summed E-state index contributed by atoms with van der Waals surface area (Å²) in [6, 6.07) is 8.50. The maximum Gasteiger partial charge on any atom is 0.227 e. The van der Waals surface area contributed by atoms with E-state index in [1.165, 1.54) is 24.1 Å². The number of aromatic nitrogens is 2. The molecule has 1 aromatic carbocycles. The van der Waals surface area contributed by atoms with Gasteiger partial charge in [-0.2, -0.15) is 4.98 Å². The van der Waals surface area contributed by atoms with Crippen molar-refractivity contribution in [3.63, 3.8) is 0 Å². The molecule has 0 aliphatic carbocycles. The minimum atomic E-state index is 0.805. The second-order valence-electron chi connectivity index (χ2n) is 7.21. The van der Waals surface area contributed by atoms with Crippen LogP contribution in [-0.2, 0) is 0 Å². The molecule has 2 aromatic rings. The summed E-state index contributed by atoms with van der Waals surface area (Å²) in [4.78, 5) is 13.9. The number of nitrogens with zero attached hydrogens (tertiary/aromatic N) is 4. The summed E-state index contributed by atoms with van der Waals surface area (Å²) in [5, 5.41) is 3.47. The van der Waals surface area contributed by atoms with E-state index in [0.29, 0.717) is 0 Å². The molecule has 0 atom stereocenters. The molecule has 140 valence electrons. The molecule has 1 aliphatic heterocycles. The number of benzene rings is 1. The van der Waals surface area contributed by atoms with Crippen LogP contribution in [0.15, 0.2) is 30.5 Å². The van der Waals surface area contributed by atoms with Gasteiger partial charge in [0.2, 0.25) is 5.95 Å². The van der Waals surface area contributed by atoms with Crippen LogP contribution in [0.4, 0.5) is 23.1 Å². The van der Waals surface area contributed by atoms with Crippen LogP contribution in [0.1, 0.15) is 39.2 Å². The lowest BCUT2D eigenvalue weighted by Crippen LogP contribution is -2.34. The molecule has 26 heavy (non-hydrogen) atoms. The Morgan fingerprint density at radius 1 is 1.15 bits per heavy atom. The van der Waals surface area contributed by atoms with E-state index < -0.39 is 0 Å². The molecule has 0 bridgehead atoms. The third-order valence-corrected chi connectivity index (χ3v) is 5.31. The molecule has 1 fully saturated rings. The minimum Gasteiger partial charge on any atom is -0.372 e. The zero-order valence-corrected chi connectivity index (χ0v) is 16.5. The molecule has 1 aromatic heterocycles. The van der Waals surface area contributed by atoms with Crippen LogP contribution in [0.25, 0.3) is 0 Å². The first kappa shape index (κ1) is 18.5. The number of aryl methyl sites for hydroxylation is 1. The second-order valence-corrected chi connectivity index (χ2v) is 7.21. The Hall–Kier alpha value is -2.30. The molecular formula is C21H31N5. The summed E-state index contributed by atoms with van der Waals surface area (Å²) >= 11 is 0. The highest BCUT2D eigenvalue weighted by molar-refractivity contribution is 5.65. The van der Waals surface area contributed by atoms with Gasteiger partial charge in [0.15, 0.2) is 0 Å². The standard InChI is InChI=1S/C21H31N5/c1-5-25(6-2)18-7-8-19(17(4)15-18)23-20-9-12-22-21(24-20)26-13-10-16(3)11-14-26/h7-9,12,15-16H,5-6,10-11,13-14H2,1-4H3,(H,22,23,24). The van der Waals surface area contributed by atoms with Crippen molar-refractivity contribution in [2.75, 3.05) is 41.3 Å². The molecule has 1 saturated heterocycles. The van der Waals surface area contributed by atoms with Crippen LogP contribution in [0.2, 0.25) is 0 Å². The Balaban J connectivity index is 1.74. The van der Waals surface area contributed by atoms with E-state index in [2.05, 4.69) is 66.0 Å². The van der Waals surface area contributed by atoms with Gasteiger partial charge in [0.25, 0.3) is 0 Å². The average molecular weight is 354 g/mol. The van der Waals surface area contributed by atoms with Gasteiger partial charge in [0, 0.05) is 43.8 Å². The summed E-state index contributed by atoms with van der Waals surface area (Å²) in [5.74, 6) is 2.49. The van der Waals surface area contributed by atoms with Gasteiger partial charge in [-0.15, -0.1) is 0 Å². The maximum atomic E-state index is 4.74. The van der Waals surface area contributed by atoms with E-state index in [4.69, 9.17) is 4.98 Å². The monoisotopic (exact) mass is 353 g/mol. The summed E-state index contributed by atoms with van der Waals surface area (Å²) < 4.78 is 0. The van der Waals surface area contributed by atoms with Crippen molar-refractivity contribution in [2.24, 2.45) is 5.92 Å². The summed E-state index contributed by atoms with van der Waals surface area (Å²) in [6.45, 7) is 13.0. The number of rotatable bonds is 6. The van der Waals surface area contributed by atoms with Crippen LogP contribution >= 0.6 is 0 Å². The van der Waals surface area contributed by atoms with Crippen molar-refractivity contribution >= 4 is 23.1 Å². The smallest absolute Gasteiger partial charge is 0.227 e. The lowest BCUT2D eigenvalue weighted by atomic mass is 10.00. The van der Waals surface area contributed by atoms with Gasteiger partial charge in [0.05, 0.1) is 0 Å². The fourth-order valence-corrected chi connectivity index (χ4v) is 3.49. The van der Waals surface area contributed by atoms with Crippen LogP contribution in [0.3, 0.4) is 0 Å². The highest BCUT2D eigenvalue weighted by Crippen LogP contribution is 2.26. The van der Waals surface area contributed by atoms with E-state index in [1.807, 2.05) is 12.3 Å². The molecule has 5 nitrogen and oxygen atoms in total. The molecule has 0 radical (unpaired) electrons. The van der Waals surface area contributed by atoms with E-state index in [0.717, 1.165) is 49.6 Å². The summed E-state index contributed by atoms with van der Waals surface area (Å²) in [6.07, 6.45) is 4.28. The summed E-state index contributed by atoms with van der Waals surface area (Å²) in [5.41, 5.74) is 3.59. The van der Waals surface area contributed by atoms with Gasteiger partial charge in [0.1, 0.15) is 5.82 Å². The molecule has 0 amide bonds. The molecule has 5 heteroatoms. The number of anilines is 4. The third-order valence-electron chi connectivity index (χ3n) is 5.31. The maximum absolute atomic E-state index is 4.74. The second kappa shape index (κ2) is 8.39. The Morgan fingerprint density at radius 2 is 1.88 bits per heavy atom. The van der Waals surface area contributed by atoms with E-state index >= 15 is 0 Å². The first-order valence-electron chi connectivity index (χ1n) is 9.81. The molecule has 3 rings (SSSR count). The zero-order chi connectivity index (χ0) is 18.5. The third kappa shape index (κ3) is 4.26. The van der Waals surface area contributed by atoms with E-state index in [1.54, 1.807) is 0 Å². The van der Waals surface area contributed by atoms with Gasteiger partial charge in [-0.3, -0.25) is 0 Å². The largest absolute Gasteiger partial charge is 0.372 e. The Labute approximate surface area is 157 Å². The predicted molar refractivity (Wildman–Crippen MR) is 111 cm³/mol. The lowest BCUT2D eigenvalue weighted by Gasteiger charge is -2.30. The first-order valence-corrected chi connectivity index (χ1v) is 9.81. The molecular weight excluding hydrogens is 322 g/mol. The molecule has 0 saturated carbocycles. The van der Waals surface area contributed by atoms with Crippen molar-refractivity contribution in [1.82, 2.24) is 9.97 Å². The number of hydrogen-bond donors (Lipinski definition) is 1. The number of nitrogens with one attached hydrogen (secondary N) is 1. The average Bonchev–Trinajstić information content (AvgIpc) is 2.66. The van der Waals surface area contributed by atoms with Crippen molar-refractivity contribution in [3.05, 3.63) is 36.0 Å². The van der Waals surface area contributed by atoms with Crippen LogP contribution in [0.5, 0.6) is 0 Å². The number of hydrogen-bond acceptors (Lipinski definition) is 5. The SMILES string of the molecule is CCN(CC)c1ccc(Nc2ccnc(N3CCC(C)CC3)n2)c(C)c1. The van der Waals surface area contributed by atoms with Gasteiger partial charge in [-0.25, -0.2) is 4.98 Å². The highest BCUT2D eigenvalue weighted by atomic mass is 15.3. The molecule has 0 spiro atoms.